The number of aryl methyl sites for hydroxylation is 1. The van der Waals surface area contributed by atoms with Gasteiger partial charge in [0.1, 0.15) is 17.5 Å². The third-order valence-corrected chi connectivity index (χ3v) is 3.99. The van der Waals surface area contributed by atoms with Gasteiger partial charge in [-0.25, -0.2) is 9.97 Å². The van der Waals surface area contributed by atoms with E-state index in [0.29, 0.717) is 0 Å². The predicted octanol–water partition coefficient (Wildman–Crippen LogP) is 2.11. The Balaban J connectivity index is 2.33. The second-order valence-corrected chi connectivity index (χ2v) is 5.34. The molecule has 1 saturated carbocycles. The van der Waals surface area contributed by atoms with Crippen molar-refractivity contribution in [3.8, 4) is 0 Å². The van der Waals surface area contributed by atoms with Crippen molar-refractivity contribution in [2.75, 3.05) is 24.3 Å². The maximum atomic E-state index is 9.70. The molecule has 1 aliphatic rings. The molecule has 3 N–H and O–H groups in total. The minimum Gasteiger partial charge on any atom is -0.394 e. The lowest BCUT2D eigenvalue weighted by Gasteiger charge is -2.29. The van der Waals surface area contributed by atoms with Crippen LogP contribution in [-0.4, -0.2) is 34.3 Å². The average Bonchev–Trinajstić information content (AvgIpc) is 2.90. The number of aromatic nitrogens is 2. The van der Waals surface area contributed by atoms with E-state index in [1.54, 1.807) is 0 Å². The summed E-state index contributed by atoms with van der Waals surface area (Å²) >= 11 is 0. The minimum atomic E-state index is -0.199. The van der Waals surface area contributed by atoms with Gasteiger partial charge in [-0.15, -0.1) is 0 Å². The first-order valence-corrected chi connectivity index (χ1v) is 7.08. The third kappa shape index (κ3) is 2.81. The van der Waals surface area contributed by atoms with Crippen LogP contribution < -0.4 is 10.6 Å². The van der Waals surface area contributed by atoms with Gasteiger partial charge in [0.15, 0.2) is 0 Å². The molecule has 0 aromatic carbocycles. The minimum absolute atomic E-state index is 0.160. The van der Waals surface area contributed by atoms with Gasteiger partial charge in [0, 0.05) is 19.0 Å². The van der Waals surface area contributed by atoms with Crippen molar-refractivity contribution in [2.45, 2.75) is 51.5 Å². The van der Waals surface area contributed by atoms with Crippen LogP contribution in [0.5, 0.6) is 0 Å². The van der Waals surface area contributed by atoms with Crippen molar-refractivity contribution in [3.63, 3.8) is 0 Å². The first kappa shape index (κ1) is 14.1. The summed E-state index contributed by atoms with van der Waals surface area (Å²) in [5, 5.41) is 16.3. The summed E-state index contributed by atoms with van der Waals surface area (Å²) in [6, 6.07) is 0. The molecule has 0 atom stereocenters. The number of nitrogens with zero attached hydrogens (tertiary/aromatic N) is 2. The summed E-state index contributed by atoms with van der Waals surface area (Å²) in [7, 11) is 1.87. The Kier molecular flexibility index (Phi) is 4.24. The van der Waals surface area contributed by atoms with Gasteiger partial charge in [-0.3, -0.25) is 0 Å². The number of hydrogen-bond donors (Lipinski definition) is 3. The summed E-state index contributed by atoms with van der Waals surface area (Å²) in [5.41, 5.74) is 0.814. The molecule has 1 aromatic heterocycles. The highest BCUT2D eigenvalue weighted by atomic mass is 16.3. The second kappa shape index (κ2) is 5.74. The molecule has 1 aromatic rings. The van der Waals surface area contributed by atoms with E-state index in [2.05, 4.69) is 20.6 Å². The van der Waals surface area contributed by atoms with Gasteiger partial charge in [-0.05, 0) is 19.8 Å². The number of aliphatic hydroxyl groups is 1. The highest BCUT2D eigenvalue weighted by Gasteiger charge is 2.34. The molecule has 2 rings (SSSR count). The number of rotatable bonds is 5. The lowest BCUT2D eigenvalue weighted by molar-refractivity contribution is 0.213. The van der Waals surface area contributed by atoms with Crippen molar-refractivity contribution in [1.29, 1.82) is 0 Å². The zero-order valence-corrected chi connectivity index (χ0v) is 12.1. The molecule has 0 aliphatic heterocycles. The van der Waals surface area contributed by atoms with E-state index in [4.69, 9.17) is 0 Å². The molecule has 106 valence electrons. The zero-order chi connectivity index (χ0) is 13.9. The topological polar surface area (TPSA) is 70.1 Å². The molecule has 0 bridgehead atoms. The first-order chi connectivity index (χ1) is 9.14. The molecule has 0 spiro atoms. The van der Waals surface area contributed by atoms with E-state index in [0.717, 1.165) is 55.1 Å². The Labute approximate surface area is 114 Å². The summed E-state index contributed by atoms with van der Waals surface area (Å²) in [6.07, 6.45) is 5.14. The molecular weight excluding hydrogens is 240 g/mol. The highest BCUT2D eigenvalue weighted by Crippen LogP contribution is 2.34. The number of nitrogens with one attached hydrogen (secondary N) is 2. The molecule has 1 fully saturated rings. The molecular formula is C14H24N4O. The summed E-state index contributed by atoms with van der Waals surface area (Å²) in [5.74, 6) is 2.54. The Bertz CT molecular complexity index is 441. The lowest BCUT2D eigenvalue weighted by Crippen LogP contribution is -2.39. The van der Waals surface area contributed by atoms with E-state index in [1.165, 1.54) is 0 Å². The molecule has 1 aliphatic carbocycles. The molecule has 0 radical (unpaired) electrons. The molecule has 0 saturated heterocycles. The molecule has 0 amide bonds. The molecule has 0 unspecified atom stereocenters. The van der Waals surface area contributed by atoms with Crippen molar-refractivity contribution < 1.29 is 5.11 Å². The van der Waals surface area contributed by atoms with E-state index in [1.807, 2.05) is 20.9 Å². The monoisotopic (exact) mass is 264 g/mol. The van der Waals surface area contributed by atoms with Gasteiger partial charge in [-0.1, -0.05) is 19.8 Å². The van der Waals surface area contributed by atoms with Crippen LogP contribution in [0.4, 0.5) is 11.6 Å². The smallest absolute Gasteiger partial charge is 0.135 e. The van der Waals surface area contributed by atoms with Crippen molar-refractivity contribution >= 4 is 11.6 Å². The van der Waals surface area contributed by atoms with Crippen LogP contribution in [0.3, 0.4) is 0 Å². The fraction of sp³-hybridized carbons (Fsp3) is 0.714. The Morgan fingerprint density at radius 3 is 2.37 bits per heavy atom. The lowest BCUT2D eigenvalue weighted by atomic mass is 9.98. The highest BCUT2D eigenvalue weighted by molar-refractivity contribution is 5.58. The Hall–Kier alpha value is -1.36. The first-order valence-electron chi connectivity index (χ1n) is 7.08. The van der Waals surface area contributed by atoms with Crippen molar-refractivity contribution in [1.82, 2.24) is 9.97 Å². The molecule has 5 nitrogen and oxygen atoms in total. The van der Waals surface area contributed by atoms with Crippen LogP contribution in [-0.2, 0) is 6.42 Å². The van der Waals surface area contributed by atoms with Crippen LogP contribution in [0.15, 0.2) is 0 Å². The standard InChI is InChI=1S/C14H24N4O/c1-4-11-16-12(15-3)10(2)13(17-11)18-14(9-19)7-5-6-8-14/h19H,4-9H2,1-3H3,(H2,15,16,17,18). The fourth-order valence-electron chi connectivity index (χ4n) is 2.71. The Morgan fingerprint density at radius 1 is 1.21 bits per heavy atom. The molecule has 19 heavy (non-hydrogen) atoms. The average molecular weight is 264 g/mol. The number of anilines is 2. The summed E-state index contributed by atoms with van der Waals surface area (Å²) in [6.45, 7) is 4.21. The van der Waals surface area contributed by atoms with Gasteiger partial charge < -0.3 is 15.7 Å². The summed E-state index contributed by atoms with van der Waals surface area (Å²) < 4.78 is 0. The largest absolute Gasteiger partial charge is 0.394 e. The molecule has 5 heteroatoms. The Morgan fingerprint density at radius 2 is 1.84 bits per heavy atom. The molecule has 1 heterocycles. The third-order valence-electron chi connectivity index (χ3n) is 3.99. The van der Waals surface area contributed by atoms with E-state index >= 15 is 0 Å². The van der Waals surface area contributed by atoms with E-state index in [9.17, 15) is 5.11 Å². The maximum absolute atomic E-state index is 9.70. The predicted molar refractivity (Wildman–Crippen MR) is 77.6 cm³/mol. The zero-order valence-electron chi connectivity index (χ0n) is 12.1. The van der Waals surface area contributed by atoms with Gasteiger partial charge in [0.2, 0.25) is 0 Å². The van der Waals surface area contributed by atoms with Gasteiger partial charge in [0.05, 0.1) is 12.1 Å². The normalized spacial score (nSPS) is 17.5. The number of hydrogen-bond acceptors (Lipinski definition) is 5. The number of aliphatic hydroxyl groups excluding tert-OH is 1. The van der Waals surface area contributed by atoms with Crippen molar-refractivity contribution in [2.24, 2.45) is 0 Å². The van der Waals surface area contributed by atoms with Crippen LogP contribution in [0, 0.1) is 6.92 Å². The fourth-order valence-corrected chi connectivity index (χ4v) is 2.71. The van der Waals surface area contributed by atoms with Gasteiger partial charge >= 0.3 is 0 Å². The van der Waals surface area contributed by atoms with Gasteiger partial charge in [0.25, 0.3) is 0 Å². The summed E-state index contributed by atoms with van der Waals surface area (Å²) in [4.78, 5) is 9.05. The maximum Gasteiger partial charge on any atom is 0.135 e. The van der Waals surface area contributed by atoms with Gasteiger partial charge in [-0.2, -0.15) is 0 Å². The van der Waals surface area contributed by atoms with Crippen LogP contribution in [0.1, 0.15) is 44.0 Å². The second-order valence-electron chi connectivity index (χ2n) is 5.34. The SMILES string of the molecule is CCc1nc(NC)c(C)c(NC2(CO)CCCC2)n1. The van der Waals surface area contributed by atoms with E-state index in [-0.39, 0.29) is 12.1 Å². The van der Waals surface area contributed by atoms with E-state index < -0.39 is 0 Å². The van der Waals surface area contributed by atoms with Crippen molar-refractivity contribution in [3.05, 3.63) is 11.4 Å². The quantitative estimate of drug-likeness (QED) is 0.760. The van der Waals surface area contributed by atoms with Crippen LogP contribution in [0.2, 0.25) is 0 Å². The van der Waals surface area contributed by atoms with Crippen LogP contribution >= 0.6 is 0 Å². The van der Waals surface area contributed by atoms with Crippen LogP contribution in [0.25, 0.3) is 0 Å².